The van der Waals surface area contributed by atoms with E-state index in [4.69, 9.17) is 0 Å². The topological polar surface area (TPSA) is 59.3 Å². The highest BCUT2D eigenvalue weighted by Crippen LogP contribution is 2.36. The average molecular weight is 356 g/mol. The van der Waals surface area contributed by atoms with Gasteiger partial charge >= 0.3 is 0 Å². The maximum Gasteiger partial charge on any atom is 0.272 e. The van der Waals surface area contributed by atoms with Crippen molar-refractivity contribution >= 4 is 16.7 Å². The van der Waals surface area contributed by atoms with E-state index in [1.54, 1.807) is 6.20 Å². The monoisotopic (exact) mass is 356 g/mol. The summed E-state index contributed by atoms with van der Waals surface area (Å²) >= 11 is 0. The van der Waals surface area contributed by atoms with Gasteiger partial charge in [0.2, 0.25) is 0 Å². The molecule has 3 N–H and O–H groups in total. The number of phenols is 1. The van der Waals surface area contributed by atoms with Gasteiger partial charge in [-0.2, -0.15) is 0 Å². The first-order chi connectivity index (χ1) is 13.3. The second-order valence-corrected chi connectivity index (χ2v) is 6.53. The van der Waals surface area contributed by atoms with Crippen molar-refractivity contribution in [2.45, 2.75) is 19.4 Å². The number of hydrogen-bond acceptors (Lipinski definition) is 3. The van der Waals surface area contributed by atoms with E-state index < -0.39 is 0 Å². The summed E-state index contributed by atoms with van der Waals surface area (Å²) in [6, 6.07) is 22.0. The number of anilines is 1. The SMILES string of the molecule is CCc1ccc([C@H](Nc2cccc[nH+]2)c2ccc3cccnc3c2O)cc1. The number of pyridine rings is 2. The molecular formula is C23H22N3O+. The number of nitrogens with zero attached hydrogens (tertiary/aromatic N) is 1. The summed E-state index contributed by atoms with van der Waals surface area (Å²) in [5.41, 5.74) is 3.77. The molecule has 0 saturated carbocycles. The summed E-state index contributed by atoms with van der Waals surface area (Å²) in [6.45, 7) is 2.14. The summed E-state index contributed by atoms with van der Waals surface area (Å²) in [4.78, 5) is 7.58. The predicted octanol–water partition coefficient (Wildman–Crippen LogP) is 4.52. The maximum absolute atomic E-state index is 10.9. The summed E-state index contributed by atoms with van der Waals surface area (Å²) in [6.07, 6.45) is 4.58. The van der Waals surface area contributed by atoms with Crippen LogP contribution in [-0.2, 0) is 6.42 Å². The van der Waals surface area contributed by atoms with Gasteiger partial charge in [0.15, 0.2) is 0 Å². The molecule has 2 aromatic carbocycles. The Balaban J connectivity index is 1.83. The minimum absolute atomic E-state index is 0.207. The molecule has 0 saturated heterocycles. The highest BCUT2D eigenvalue weighted by atomic mass is 16.3. The Bertz CT molecular complexity index is 1050. The number of phenolic OH excluding ortho intramolecular Hbond substituents is 1. The fraction of sp³-hybridized carbons (Fsp3) is 0.130. The third-order valence-corrected chi connectivity index (χ3v) is 4.82. The van der Waals surface area contributed by atoms with Crippen LogP contribution in [-0.4, -0.2) is 10.1 Å². The molecule has 0 aliphatic carbocycles. The van der Waals surface area contributed by atoms with Crippen LogP contribution < -0.4 is 10.3 Å². The molecule has 134 valence electrons. The van der Waals surface area contributed by atoms with Crippen molar-refractivity contribution in [3.8, 4) is 5.75 Å². The summed E-state index contributed by atoms with van der Waals surface area (Å²) in [7, 11) is 0. The van der Waals surface area contributed by atoms with Crippen molar-refractivity contribution in [3.63, 3.8) is 0 Å². The number of benzene rings is 2. The van der Waals surface area contributed by atoms with E-state index in [1.807, 2.05) is 48.7 Å². The quantitative estimate of drug-likeness (QED) is 0.553. The Morgan fingerprint density at radius 3 is 2.59 bits per heavy atom. The Kier molecular flexibility index (Phi) is 4.71. The minimum Gasteiger partial charge on any atom is -0.505 e. The van der Waals surface area contributed by atoms with Gasteiger partial charge in [0, 0.05) is 28.8 Å². The number of H-pyrrole nitrogens is 1. The molecule has 27 heavy (non-hydrogen) atoms. The van der Waals surface area contributed by atoms with Crippen molar-refractivity contribution in [1.29, 1.82) is 0 Å². The lowest BCUT2D eigenvalue weighted by Gasteiger charge is -2.18. The number of rotatable bonds is 5. The van der Waals surface area contributed by atoms with E-state index in [2.05, 4.69) is 46.5 Å². The highest BCUT2D eigenvalue weighted by Gasteiger charge is 2.24. The van der Waals surface area contributed by atoms with Crippen molar-refractivity contribution in [1.82, 2.24) is 4.98 Å². The zero-order chi connectivity index (χ0) is 18.6. The predicted molar refractivity (Wildman–Crippen MR) is 108 cm³/mol. The Labute approximate surface area is 158 Å². The van der Waals surface area contributed by atoms with Crippen molar-refractivity contribution in [2.24, 2.45) is 0 Å². The van der Waals surface area contributed by atoms with Gasteiger partial charge in [-0.1, -0.05) is 49.4 Å². The number of aromatic amines is 1. The molecule has 0 aliphatic heterocycles. The average Bonchev–Trinajstić information content (AvgIpc) is 2.74. The van der Waals surface area contributed by atoms with Crippen molar-refractivity contribution < 1.29 is 10.1 Å². The minimum atomic E-state index is -0.207. The molecule has 2 aromatic heterocycles. The number of nitrogens with one attached hydrogen (secondary N) is 2. The molecule has 0 radical (unpaired) electrons. The molecule has 0 amide bonds. The largest absolute Gasteiger partial charge is 0.505 e. The van der Waals surface area contributed by atoms with Crippen molar-refractivity contribution in [2.75, 3.05) is 5.32 Å². The van der Waals surface area contributed by atoms with Gasteiger partial charge < -0.3 is 5.11 Å². The molecule has 2 heterocycles. The third-order valence-electron chi connectivity index (χ3n) is 4.82. The van der Waals surface area contributed by atoms with Crippen LogP contribution in [0.1, 0.15) is 29.7 Å². The molecule has 4 rings (SSSR count). The van der Waals surface area contributed by atoms with Crippen molar-refractivity contribution in [3.05, 3.63) is 95.8 Å². The number of aryl methyl sites for hydroxylation is 1. The van der Waals surface area contributed by atoms with Crippen LogP contribution in [0, 0.1) is 0 Å². The first-order valence-electron chi connectivity index (χ1n) is 9.15. The molecule has 0 fully saturated rings. The molecule has 0 spiro atoms. The summed E-state index contributed by atoms with van der Waals surface area (Å²) in [5, 5.41) is 15.4. The van der Waals surface area contributed by atoms with E-state index in [-0.39, 0.29) is 11.8 Å². The summed E-state index contributed by atoms with van der Waals surface area (Å²) < 4.78 is 0. The smallest absolute Gasteiger partial charge is 0.272 e. The van der Waals surface area contributed by atoms with Gasteiger partial charge in [-0.3, -0.25) is 10.3 Å². The lowest BCUT2D eigenvalue weighted by atomic mass is 9.95. The Morgan fingerprint density at radius 2 is 1.85 bits per heavy atom. The fourth-order valence-electron chi connectivity index (χ4n) is 3.30. The van der Waals surface area contributed by atoms with E-state index >= 15 is 0 Å². The second-order valence-electron chi connectivity index (χ2n) is 6.53. The van der Waals surface area contributed by atoms with Crippen LogP contribution in [0.2, 0.25) is 0 Å². The van der Waals surface area contributed by atoms with Crippen LogP contribution in [0.4, 0.5) is 5.82 Å². The lowest BCUT2D eigenvalue weighted by Crippen LogP contribution is -2.19. The van der Waals surface area contributed by atoms with E-state index in [0.29, 0.717) is 5.52 Å². The van der Waals surface area contributed by atoms with Crippen LogP contribution in [0.3, 0.4) is 0 Å². The molecule has 1 atom stereocenters. The number of fused-ring (bicyclic) bond motifs is 1. The molecular weight excluding hydrogens is 334 g/mol. The van der Waals surface area contributed by atoms with Crippen LogP contribution in [0.5, 0.6) is 5.75 Å². The molecule has 4 heteroatoms. The number of aromatic hydroxyl groups is 1. The third kappa shape index (κ3) is 3.47. The lowest BCUT2D eigenvalue weighted by molar-refractivity contribution is -0.361. The molecule has 4 aromatic rings. The first-order valence-corrected chi connectivity index (χ1v) is 9.15. The zero-order valence-corrected chi connectivity index (χ0v) is 15.2. The van der Waals surface area contributed by atoms with E-state index in [9.17, 15) is 5.11 Å². The normalized spacial score (nSPS) is 12.0. The van der Waals surface area contributed by atoms with E-state index in [1.165, 1.54) is 5.56 Å². The maximum atomic E-state index is 10.9. The molecule has 0 bridgehead atoms. The van der Waals surface area contributed by atoms with Gasteiger partial charge in [-0.05, 0) is 30.2 Å². The Morgan fingerprint density at radius 1 is 1.00 bits per heavy atom. The highest BCUT2D eigenvalue weighted by molar-refractivity contribution is 5.85. The first kappa shape index (κ1) is 17.0. The fourth-order valence-corrected chi connectivity index (χ4v) is 3.30. The van der Waals surface area contributed by atoms with Gasteiger partial charge in [0.1, 0.15) is 17.3 Å². The number of hydrogen-bond donors (Lipinski definition) is 2. The molecule has 0 aliphatic rings. The van der Waals surface area contributed by atoms with Gasteiger partial charge in [-0.15, -0.1) is 0 Å². The van der Waals surface area contributed by atoms with Gasteiger partial charge in [0.05, 0.1) is 6.20 Å². The van der Waals surface area contributed by atoms with Gasteiger partial charge in [-0.25, -0.2) is 4.98 Å². The molecule has 0 unspecified atom stereocenters. The second kappa shape index (κ2) is 7.46. The van der Waals surface area contributed by atoms with Crippen LogP contribution in [0.15, 0.2) is 79.1 Å². The zero-order valence-electron chi connectivity index (χ0n) is 15.2. The number of aromatic nitrogens is 2. The summed E-state index contributed by atoms with van der Waals surface area (Å²) in [5.74, 6) is 1.09. The molecule has 4 nitrogen and oxygen atoms in total. The van der Waals surface area contributed by atoms with Gasteiger partial charge in [0.25, 0.3) is 5.82 Å². The van der Waals surface area contributed by atoms with Crippen LogP contribution >= 0.6 is 0 Å². The van der Waals surface area contributed by atoms with E-state index in [0.717, 1.165) is 28.8 Å². The van der Waals surface area contributed by atoms with Crippen LogP contribution in [0.25, 0.3) is 10.9 Å². The Hall–Kier alpha value is -3.40. The standard InChI is InChI=1S/C23H21N3O/c1-2-16-8-10-18(11-9-16)21(26-20-7-3-4-14-24-20)19-13-12-17-6-5-15-25-22(17)23(19)27/h3-15,21,27H,2H2,1H3,(H,24,26)/p+1/t21-/m0/s1.